The lowest BCUT2D eigenvalue weighted by Gasteiger charge is -2.09. The molecule has 17 heavy (non-hydrogen) atoms. The van der Waals surface area contributed by atoms with Crippen molar-refractivity contribution in [1.29, 1.82) is 0 Å². The number of rotatable bonds is 3. The number of hydrogen-bond acceptors (Lipinski definition) is 4. The largest absolute Gasteiger partial charge is 0.366 e. The lowest BCUT2D eigenvalue weighted by molar-refractivity contribution is 0.457. The normalized spacial score (nSPS) is 21.1. The van der Waals surface area contributed by atoms with Gasteiger partial charge in [-0.25, -0.2) is 4.98 Å². The van der Waals surface area contributed by atoms with Gasteiger partial charge in [0.2, 0.25) is 5.95 Å². The van der Waals surface area contributed by atoms with Gasteiger partial charge in [-0.05, 0) is 17.8 Å². The van der Waals surface area contributed by atoms with Crippen molar-refractivity contribution in [2.45, 2.75) is 40.7 Å². The van der Waals surface area contributed by atoms with Gasteiger partial charge in [-0.2, -0.15) is 4.98 Å². The summed E-state index contributed by atoms with van der Waals surface area (Å²) in [5, 5.41) is 6.50. The number of anilines is 2. The van der Waals surface area contributed by atoms with Crippen molar-refractivity contribution in [2.75, 3.05) is 17.7 Å². The maximum absolute atomic E-state index is 4.43. The van der Waals surface area contributed by atoms with Crippen molar-refractivity contribution in [1.82, 2.24) is 9.97 Å². The Morgan fingerprint density at radius 1 is 1.12 bits per heavy atom. The molecule has 0 radical (unpaired) electrons. The number of nitrogens with zero attached hydrogens (tertiary/aromatic N) is 2. The van der Waals surface area contributed by atoms with E-state index in [1.165, 1.54) is 0 Å². The molecule has 1 heterocycles. The highest BCUT2D eigenvalue weighted by Crippen LogP contribution is 2.63. The molecule has 1 saturated carbocycles. The maximum Gasteiger partial charge on any atom is 0.224 e. The Kier molecular flexibility index (Phi) is 2.56. The molecule has 4 heteroatoms. The summed E-state index contributed by atoms with van der Waals surface area (Å²) in [5.74, 6) is 1.58. The molecule has 0 atom stereocenters. The molecule has 1 aromatic heterocycles. The third kappa shape index (κ3) is 1.85. The highest BCUT2D eigenvalue weighted by atomic mass is 15.2. The van der Waals surface area contributed by atoms with Crippen LogP contribution in [0.15, 0.2) is 6.07 Å². The van der Waals surface area contributed by atoms with E-state index in [1.807, 2.05) is 20.0 Å². The molecular formula is C13H22N4. The zero-order valence-corrected chi connectivity index (χ0v) is 11.5. The Morgan fingerprint density at radius 3 is 2.18 bits per heavy atom. The summed E-state index contributed by atoms with van der Waals surface area (Å²) < 4.78 is 0. The fraction of sp³-hybridized carbons (Fsp3) is 0.692. The van der Waals surface area contributed by atoms with Crippen molar-refractivity contribution >= 4 is 11.8 Å². The third-order valence-electron chi connectivity index (χ3n) is 4.39. The van der Waals surface area contributed by atoms with Crippen LogP contribution in [-0.2, 0) is 0 Å². The van der Waals surface area contributed by atoms with Crippen LogP contribution in [0.3, 0.4) is 0 Å². The van der Waals surface area contributed by atoms with Crippen molar-refractivity contribution < 1.29 is 0 Å². The van der Waals surface area contributed by atoms with E-state index in [0.29, 0.717) is 22.8 Å². The van der Waals surface area contributed by atoms with Crippen molar-refractivity contribution in [2.24, 2.45) is 10.8 Å². The fourth-order valence-corrected chi connectivity index (χ4v) is 2.46. The zero-order valence-electron chi connectivity index (χ0n) is 11.5. The van der Waals surface area contributed by atoms with Gasteiger partial charge in [-0.3, -0.25) is 0 Å². The summed E-state index contributed by atoms with van der Waals surface area (Å²) in [7, 11) is 1.84. The summed E-state index contributed by atoms with van der Waals surface area (Å²) in [4.78, 5) is 8.72. The summed E-state index contributed by atoms with van der Waals surface area (Å²) >= 11 is 0. The van der Waals surface area contributed by atoms with Crippen LogP contribution < -0.4 is 10.6 Å². The molecule has 0 bridgehead atoms. The fourth-order valence-electron chi connectivity index (χ4n) is 2.46. The Bertz CT molecular complexity index is 423. The van der Waals surface area contributed by atoms with Crippen LogP contribution in [0.25, 0.3) is 0 Å². The van der Waals surface area contributed by atoms with Gasteiger partial charge in [0.25, 0.3) is 0 Å². The second-order valence-corrected chi connectivity index (χ2v) is 5.99. The molecule has 0 unspecified atom stereocenters. The predicted molar refractivity (Wildman–Crippen MR) is 71.3 cm³/mol. The van der Waals surface area contributed by atoms with Crippen LogP contribution in [0.5, 0.6) is 0 Å². The molecular weight excluding hydrogens is 212 g/mol. The standard InChI is InChI=1S/C13H22N4/c1-8-7-9(17-11(14-6)15-8)16-10-12(2,3)13(10,4)5/h7,10H,1-6H3,(H2,14,15,16,17). The van der Waals surface area contributed by atoms with Crippen LogP contribution >= 0.6 is 0 Å². The van der Waals surface area contributed by atoms with Crippen LogP contribution in [0.1, 0.15) is 33.4 Å². The molecule has 0 aromatic carbocycles. The number of aryl methyl sites for hydroxylation is 1. The van der Waals surface area contributed by atoms with E-state index in [0.717, 1.165) is 11.5 Å². The van der Waals surface area contributed by atoms with Crippen molar-refractivity contribution in [3.8, 4) is 0 Å². The average molecular weight is 234 g/mol. The first-order valence-electron chi connectivity index (χ1n) is 6.09. The third-order valence-corrected chi connectivity index (χ3v) is 4.39. The summed E-state index contributed by atoms with van der Waals surface area (Å²) in [6, 6.07) is 2.46. The van der Waals surface area contributed by atoms with Gasteiger partial charge in [-0.15, -0.1) is 0 Å². The minimum atomic E-state index is 0.311. The molecule has 0 saturated heterocycles. The molecule has 94 valence electrons. The lowest BCUT2D eigenvalue weighted by atomic mass is 10.0. The monoisotopic (exact) mass is 234 g/mol. The van der Waals surface area contributed by atoms with Crippen molar-refractivity contribution in [3.63, 3.8) is 0 Å². The summed E-state index contributed by atoms with van der Waals surface area (Å²) in [6.07, 6.45) is 0. The summed E-state index contributed by atoms with van der Waals surface area (Å²) in [5.41, 5.74) is 1.60. The Hall–Kier alpha value is -1.32. The first-order valence-corrected chi connectivity index (χ1v) is 6.09. The Balaban J connectivity index is 2.18. The maximum atomic E-state index is 4.43. The minimum absolute atomic E-state index is 0.311. The number of hydrogen-bond donors (Lipinski definition) is 2. The van der Waals surface area contributed by atoms with E-state index in [4.69, 9.17) is 0 Å². The van der Waals surface area contributed by atoms with E-state index < -0.39 is 0 Å². The quantitative estimate of drug-likeness (QED) is 0.844. The SMILES string of the molecule is CNc1nc(C)cc(NC2C(C)(C)C2(C)C)n1. The molecule has 2 rings (SSSR count). The molecule has 0 aliphatic heterocycles. The number of aromatic nitrogens is 2. The van der Waals surface area contributed by atoms with E-state index in [9.17, 15) is 0 Å². The van der Waals surface area contributed by atoms with Gasteiger partial charge in [0.15, 0.2) is 0 Å². The van der Waals surface area contributed by atoms with E-state index in [2.05, 4.69) is 48.3 Å². The minimum Gasteiger partial charge on any atom is -0.366 e. The predicted octanol–water partition coefficient (Wildman–Crippen LogP) is 2.67. The zero-order chi connectivity index (χ0) is 12.8. The average Bonchev–Trinajstić information content (AvgIpc) is 2.60. The van der Waals surface area contributed by atoms with Crippen LogP contribution in [0, 0.1) is 17.8 Å². The first kappa shape index (κ1) is 12.1. The van der Waals surface area contributed by atoms with Gasteiger partial charge in [0.05, 0.1) is 0 Å². The van der Waals surface area contributed by atoms with Gasteiger partial charge in [-0.1, -0.05) is 27.7 Å². The molecule has 1 aliphatic carbocycles. The molecule has 4 nitrogen and oxygen atoms in total. The Labute approximate surface area is 103 Å². The molecule has 1 aromatic rings. The topological polar surface area (TPSA) is 49.8 Å². The van der Waals surface area contributed by atoms with E-state index in [1.54, 1.807) is 0 Å². The molecule has 1 aliphatic rings. The second-order valence-electron chi connectivity index (χ2n) is 5.99. The van der Waals surface area contributed by atoms with Gasteiger partial charge >= 0.3 is 0 Å². The van der Waals surface area contributed by atoms with Crippen LogP contribution in [0.2, 0.25) is 0 Å². The molecule has 2 N–H and O–H groups in total. The second kappa shape index (κ2) is 3.59. The van der Waals surface area contributed by atoms with Gasteiger partial charge in [0.1, 0.15) is 5.82 Å². The van der Waals surface area contributed by atoms with E-state index in [-0.39, 0.29) is 0 Å². The van der Waals surface area contributed by atoms with Gasteiger partial charge < -0.3 is 10.6 Å². The smallest absolute Gasteiger partial charge is 0.224 e. The highest BCUT2D eigenvalue weighted by Gasteiger charge is 2.65. The van der Waals surface area contributed by atoms with Gasteiger partial charge in [0, 0.05) is 24.8 Å². The molecule has 1 fully saturated rings. The molecule has 0 amide bonds. The molecule has 0 spiro atoms. The lowest BCUT2D eigenvalue weighted by Crippen LogP contribution is -2.12. The van der Waals surface area contributed by atoms with Crippen LogP contribution in [0.4, 0.5) is 11.8 Å². The summed E-state index contributed by atoms with van der Waals surface area (Å²) in [6.45, 7) is 11.1. The first-order chi connectivity index (χ1) is 7.79. The van der Waals surface area contributed by atoms with E-state index >= 15 is 0 Å². The highest BCUT2D eigenvalue weighted by molar-refractivity contribution is 5.46. The van der Waals surface area contributed by atoms with Crippen molar-refractivity contribution in [3.05, 3.63) is 11.8 Å². The Morgan fingerprint density at radius 2 is 1.71 bits per heavy atom. The number of nitrogens with one attached hydrogen (secondary N) is 2. The van der Waals surface area contributed by atoms with Crippen LogP contribution in [-0.4, -0.2) is 23.1 Å².